The van der Waals surface area contributed by atoms with Crippen molar-refractivity contribution in [1.82, 2.24) is 9.66 Å². The Hall–Kier alpha value is -1.59. The van der Waals surface area contributed by atoms with Gasteiger partial charge in [-0.15, -0.1) is 0 Å². The first kappa shape index (κ1) is 17.8. The van der Waals surface area contributed by atoms with E-state index in [0.29, 0.717) is 10.8 Å². The monoisotopic (exact) mass is 390 g/mol. The van der Waals surface area contributed by atoms with Crippen molar-refractivity contribution < 1.29 is 0 Å². The molecule has 6 nitrogen and oxygen atoms in total. The number of nitrogens with one attached hydrogen (secondary N) is 1. The van der Waals surface area contributed by atoms with Gasteiger partial charge in [-0.1, -0.05) is 41.7 Å². The number of hydrogen-bond donors (Lipinski definition) is 1. The van der Waals surface area contributed by atoms with Gasteiger partial charge in [0, 0.05) is 16.8 Å². The third-order valence-corrected chi connectivity index (χ3v) is 4.28. The summed E-state index contributed by atoms with van der Waals surface area (Å²) in [5.41, 5.74) is -1.31. The molecule has 0 spiro atoms. The average molecular weight is 392 g/mol. The molecule has 1 N–H and O–H groups in total. The van der Waals surface area contributed by atoms with E-state index in [9.17, 15) is 14.9 Å². The normalized spacial score (nSPS) is 10.4. The van der Waals surface area contributed by atoms with Gasteiger partial charge in [0.15, 0.2) is 5.69 Å². The predicted octanol–water partition coefficient (Wildman–Crippen LogP) is 3.31. The minimum atomic E-state index is -0.780. The van der Waals surface area contributed by atoms with Crippen LogP contribution in [-0.2, 0) is 0 Å². The Bertz CT molecular complexity index is 880. The largest absolute Gasteiger partial charge is 0.349 e. The summed E-state index contributed by atoms with van der Waals surface area (Å²) in [6.45, 7) is 1.85. The number of anilines is 1. The van der Waals surface area contributed by atoms with Crippen molar-refractivity contribution in [1.29, 1.82) is 5.26 Å². The highest BCUT2D eigenvalue weighted by atomic mass is 35.5. The fourth-order valence-electron chi connectivity index (χ4n) is 1.81. The molecule has 0 saturated heterocycles. The molecule has 0 aliphatic rings. The summed E-state index contributed by atoms with van der Waals surface area (Å²) in [7, 11) is 0. The number of nitriles is 1. The maximum absolute atomic E-state index is 12.2. The molecular weight excluding hydrogens is 383 g/mol. The lowest BCUT2D eigenvalue weighted by atomic mass is 10.3. The van der Waals surface area contributed by atoms with Gasteiger partial charge in [-0.2, -0.15) is 9.94 Å². The maximum atomic E-state index is 12.2. The van der Waals surface area contributed by atoms with Gasteiger partial charge in [-0.3, -0.25) is 9.78 Å². The van der Waals surface area contributed by atoms with Crippen LogP contribution in [0, 0.1) is 11.3 Å². The molecule has 0 aliphatic carbocycles. The van der Waals surface area contributed by atoms with Crippen molar-refractivity contribution in [2.75, 3.05) is 10.2 Å². The lowest BCUT2D eigenvalue weighted by Crippen LogP contribution is -2.40. The van der Waals surface area contributed by atoms with Crippen molar-refractivity contribution in [3.8, 4) is 6.07 Å². The molecule has 1 heterocycles. The highest BCUT2D eigenvalue weighted by Gasteiger charge is 2.21. The Labute approximate surface area is 150 Å². The first-order valence-corrected chi connectivity index (χ1v) is 8.31. The van der Waals surface area contributed by atoms with Crippen LogP contribution in [0.5, 0.6) is 0 Å². The predicted molar refractivity (Wildman–Crippen MR) is 93.5 cm³/mol. The van der Waals surface area contributed by atoms with Crippen molar-refractivity contribution in [2.24, 2.45) is 0 Å². The summed E-state index contributed by atoms with van der Waals surface area (Å²) < 4.78 is 2.36. The van der Waals surface area contributed by atoms with E-state index < -0.39 is 11.2 Å². The second-order valence-corrected chi connectivity index (χ2v) is 6.59. The molecule has 0 amide bonds. The van der Waals surface area contributed by atoms with Crippen molar-refractivity contribution in [3.05, 3.63) is 59.8 Å². The minimum Gasteiger partial charge on any atom is -0.272 e. The number of hydrogen-bond acceptors (Lipinski definition) is 5. The molecule has 0 bridgehead atoms. The number of rotatable bonds is 4. The summed E-state index contributed by atoms with van der Waals surface area (Å²) in [5.74, 6) is 0.547. The Morgan fingerprint density at radius 1 is 1.26 bits per heavy atom. The molecule has 0 aliphatic heterocycles. The van der Waals surface area contributed by atoms with Gasteiger partial charge in [-0.05, 0) is 24.1 Å². The molecular formula is C13H9Cl3N4O2S. The van der Waals surface area contributed by atoms with Gasteiger partial charge < -0.3 is 0 Å². The second-order valence-electron chi connectivity index (χ2n) is 4.16. The zero-order valence-corrected chi connectivity index (χ0v) is 14.7. The van der Waals surface area contributed by atoms with Crippen molar-refractivity contribution in [3.63, 3.8) is 0 Å². The van der Waals surface area contributed by atoms with E-state index in [4.69, 9.17) is 34.8 Å². The summed E-state index contributed by atoms with van der Waals surface area (Å²) in [4.78, 5) is 25.7. The zero-order chi connectivity index (χ0) is 17.1. The Balaban J connectivity index is 2.79. The van der Waals surface area contributed by atoms with Crippen molar-refractivity contribution >= 4 is 52.4 Å². The fourth-order valence-corrected chi connectivity index (χ4v) is 3.74. The second kappa shape index (κ2) is 7.32. The number of nitrogens with zero attached hydrogens (tertiary/aromatic N) is 3. The van der Waals surface area contributed by atoms with Crippen LogP contribution in [0.2, 0.25) is 15.1 Å². The van der Waals surface area contributed by atoms with Crippen LogP contribution in [0.4, 0.5) is 5.69 Å². The third-order valence-electron chi connectivity index (χ3n) is 2.64. The Morgan fingerprint density at radius 2 is 1.87 bits per heavy atom. The average Bonchev–Trinajstić information content (AvgIpc) is 2.44. The molecule has 10 heteroatoms. The summed E-state index contributed by atoms with van der Waals surface area (Å²) in [6.07, 6.45) is 0. The van der Waals surface area contributed by atoms with Gasteiger partial charge in [0.05, 0.1) is 10.0 Å². The number of benzene rings is 1. The molecule has 2 aromatic rings. The lowest BCUT2D eigenvalue weighted by molar-refractivity contribution is 0.763. The van der Waals surface area contributed by atoms with Gasteiger partial charge in [0.1, 0.15) is 11.8 Å². The highest BCUT2D eigenvalue weighted by molar-refractivity contribution is 8.00. The van der Waals surface area contributed by atoms with Crippen molar-refractivity contribution in [2.45, 2.75) is 6.92 Å². The van der Waals surface area contributed by atoms with E-state index in [1.165, 1.54) is 28.5 Å². The first-order chi connectivity index (χ1) is 10.9. The molecule has 1 aromatic heterocycles. The first-order valence-electron chi connectivity index (χ1n) is 6.23. The molecule has 23 heavy (non-hydrogen) atoms. The van der Waals surface area contributed by atoms with Gasteiger partial charge in [0.2, 0.25) is 0 Å². The van der Waals surface area contributed by atoms with E-state index in [1.54, 1.807) is 0 Å². The molecule has 0 fully saturated rings. The fraction of sp³-hybridized carbons (Fsp3) is 0.154. The van der Waals surface area contributed by atoms with E-state index in [0.717, 1.165) is 10.7 Å². The maximum Gasteiger partial charge on any atom is 0.349 e. The Kier molecular flexibility index (Phi) is 5.65. The molecule has 0 saturated carbocycles. The van der Waals surface area contributed by atoms with E-state index in [2.05, 4.69) is 4.98 Å². The highest BCUT2D eigenvalue weighted by Crippen LogP contribution is 2.39. The van der Waals surface area contributed by atoms with Gasteiger partial charge >= 0.3 is 5.69 Å². The standard InChI is InChI=1S/C13H9Cl3N4O2S/c1-2-23-20(12-9(15)3-7(14)4-10(12)16)19-8(6-17)5-11(21)18-13(19)22/h3-5H,2H2,1H3,(H,18,21,22). The molecule has 0 radical (unpaired) electrons. The van der Waals surface area contributed by atoms with Crippen LogP contribution in [-0.4, -0.2) is 15.4 Å². The number of halogens is 3. The minimum absolute atomic E-state index is 0.151. The Morgan fingerprint density at radius 3 is 2.39 bits per heavy atom. The quantitative estimate of drug-likeness (QED) is 0.809. The van der Waals surface area contributed by atoms with E-state index in [-0.39, 0.29) is 21.4 Å². The van der Waals surface area contributed by atoms with Crippen LogP contribution in [0.1, 0.15) is 12.6 Å². The molecule has 0 unspecified atom stereocenters. The summed E-state index contributed by atoms with van der Waals surface area (Å²) >= 11 is 19.5. The van der Waals surface area contributed by atoms with Crippen LogP contribution in [0.15, 0.2) is 27.8 Å². The van der Waals surface area contributed by atoms with E-state index in [1.807, 2.05) is 13.0 Å². The third kappa shape index (κ3) is 3.67. The SMILES string of the molecule is CCSN(c1c(Cl)cc(Cl)cc1Cl)n1c(C#N)cc(=O)[nH]c1=O. The number of aromatic amines is 1. The summed E-state index contributed by atoms with van der Waals surface area (Å²) in [5, 5.41) is 9.96. The topological polar surface area (TPSA) is 81.9 Å². The van der Waals surface area contributed by atoms with Gasteiger partial charge in [0.25, 0.3) is 5.56 Å². The zero-order valence-electron chi connectivity index (χ0n) is 11.6. The van der Waals surface area contributed by atoms with Crippen LogP contribution < -0.4 is 15.7 Å². The number of H-pyrrole nitrogens is 1. The van der Waals surface area contributed by atoms with Crippen LogP contribution in [0.3, 0.4) is 0 Å². The van der Waals surface area contributed by atoms with Crippen LogP contribution >= 0.6 is 46.8 Å². The lowest BCUT2D eigenvalue weighted by Gasteiger charge is -2.26. The number of aromatic nitrogens is 2. The summed E-state index contributed by atoms with van der Waals surface area (Å²) in [6, 6.07) is 5.77. The molecule has 0 atom stereocenters. The van der Waals surface area contributed by atoms with Crippen LogP contribution in [0.25, 0.3) is 0 Å². The molecule has 1 aromatic carbocycles. The van der Waals surface area contributed by atoms with E-state index >= 15 is 0 Å². The smallest absolute Gasteiger partial charge is 0.272 e. The molecule has 120 valence electrons. The van der Waals surface area contributed by atoms with Gasteiger partial charge in [-0.25, -0.2) is 9.21 Å². The molecule has 2 rings (SSSR count).